The van der Waals surface area contributed by atoms with Gasteiger partial charge in [0.2, 0.25) is 0 Å². The van der Waals surface area contributed by atoms with Gasteiger partial charge in [0.1, 0.15) is 5.82 Å². The molecule has 2 rings (SSSR count). The Balaban J connectivity index is 2.11. The van der Waals surface area contributed by atoms with Crippen LogP contribution >= 0.6 is 11.6 Å². The molecule has 0 bridgehead atoms. The van der Waals surface area contributed by atoms with Crippen LogP contribution in [-0.4, -0.2) is 35.7 Å². The zero-order chi connectivity index (χ0) is 13.2. The van der Waals surface area contributed by atoms with Crippen molar-refractivity contribution in [2.75, 3.05) is 20.1 Å². The molecule has 1 aromatic carbocycles. The molecule has 1 atom stereocenters. The molecule has 0 saturated carbocycles. The summed E-state index contributed by atoms with van der Waals surface area (Å²) in [5, 5.41) is 11.0. The quantitative estimate of drug-likeness (QED) is 0.894. The smallest absolute Gasteiger partial charge is 0.124 e. The summed E-state index contributed by atoms with van der Waals surface area (Å²) in [6, 6.07) is 4.38. The van der Waals surface area contributed by atoms with E-state index >= 15 is 0 Å². The van der Waals surface area contributed by atoms with Crippen LogP contribution in [0.1, 0.15) is 24.8 Å². The van der Waals surface area contributed by atoms with Gasteiger partial charge in [-0.2, -0.15) is 0 Å². The molecule has 0 radical (unpaired) electrons. The second-order valence-corrected chi connectivity index (χ2v) is 5.70. The maximum atomic E-state index is 13.0. The maximum Gasteiger partial charge on any atom is 0.124 e. The summed E-state index contributed by atoms with van der Waals surface area (Å²) in [6.45, 7) is 1.90. The zero-order valence-electron chi connectivity index (χ0n) is 10.6. The van der Waals surface area contributed by atoms with Gasteiger partial charge in [-0.25, -0.2) is 4.39 Å². The lowest BCUT2D eigenvalue weighted by Gasteiger charge is -2.27. The van der Waals surface area contributed by atoms with Gasteiger partial charge in [0.05, 0.1) is 5.60 Å². The van der Waals surface area contributed by atoms with Crippen LogP contribution in [0.4, 0.5) is 4.39 Å². The number of rotatable bonds is 2. The first-order chi connectivity index (χ1) is 8.48. The Morgan fingerprint density at radius 2 is 2.17 bits per heavy atom. The molecule has 1 N–H and O–H groups in total. The van der Waals surface area contributed by atoms with Crippen LogP contribution in [0.15, 0.2) is 18.2 Å². The van der Waals surface area contributed by atoms with E-state index in [1.807, 2.05) is 0 Å². The van der Waals surface area contributed by atoms with Crippen molar-refractivity contribution < 1.29 is 9.50 Å². The van der Waals surface area contributed by atoms with Gasteiger partial charge >= 0.3 is 0 Å². The largest absolute Gasteiger partial charge is 0.389 e. The van der Waals surface area contributed by atoms with E-state index in [2.05, 4.69) is 11.9 Å². The van der Waals surface area contributed by atoms with Crippen molar-refractivity contribution in [1.29, 1.82) is 0 Å². The topological polar surface area (TPSA) is 23.5 Å². The van der Waals surface area contributed by atoms with Gasteiger partial charge in [-0.15, -0.1) is 0 Å². The summed E-state index contributed by atoms with van der Waals surface area (Å²) < 4.78 is 13.0. The third kappa shape index (κ3) is 3.44. The first-order valence-corrected chi connectivity index (χ1v) is 6.71. The SMILES string of the molecule is CN1CCCC(O)(Cc2ccc(F)cc2Cl)CC1. The summed E-state index contributed by atoms with van der Waals surface area (Å²) in [7, 11) is 2.07. The van der Waals surface area contributed by atoms with E-state index in [1.54, 1.807) is 6.07 Å². The molecule has 1 aromatic rings. The van der Waals surface area contributed by atoms with Crippen molar-refractivity contribution in [3.05, 3.63) is 34.6 Å². The first-order valence-electron chi connectivity index (χ1n) is 6.33. The van der Waals surface area contributed by atoms with Gasteiger partial charge in [-0.05, 0) is 50.6 Å². The monoisotopic (exact) mass is 271 g/mol. The van der Waals surface area contributed by atoms with Crippen LogP contribution in [0.2, 0.25) is 5.02 Å². The number of nitrogens with zero attached hydrogens (tertiary/aromatic N) is 1. The molecule has 4 heteroatoms. The Morgan fingerprint density at radius 3 is 2.89 bits per heavy atom. The van der Waals surface area contributed by atoms with Crippen LogP contribution in [0.5, 0.6) is 0 Å². The van der Waals surface area contributed by atoms with E-state index in [9.17, 15) is 9.50 Å². The summed E-state index contributed by atoms with van der Waals surface area (Å²) in [4.78, 5) is 2.23. The molecule has 1 aliphatic rings. The predicted octanol–water partition coefficient (Wildman–Crippen LogP) is 2.87. The molecule has 18 heavy (non-hydrogen) atoms. The number of halogens is 2. The molecule has 1 fully saturated rings. The molecule has 0 aromatic heterocycles. The van der Waals surface area contributed by atoms with E-state index in [4.69, 9.17) is 11.6 Å². The van der Waals surface area contributed by atoms with Crippen molar-refractivity contribution >= 4 is 11.6 Å². The minimum atomic E-state index is -0.716. The van der Waals surface area contributed by atoms with E-state index in [0.717, 1.165) is 37.9 Å². The van der Waals surface area contributed by atoms with E-state index < -0.39 is 5.60 Å². The van der Waals surface area contributed by atoms with Crippen molar-refractivity contribution in [2.45, 2.75) is 31.3 Å². The molecule has 0 spiro atoms. The van der Waals surface area contributed by atoms with Crippen molar-refractivity contribution in [2.24, 2.45) is 0 Å². The maximum absolute atomic E-state index is 13.0. The van der Waals surface area contributed by atoms with E-state index in [1.165, 1.54) is 12.1 Å². The molecular weight excluding hydrogens is 253 g/mol. The third-order valence-electron chi connectivity index (χ3n) is 3.68. The van der Waals surface area contributed by atoms with Crippen LogP contribution < -0.4 is 0 Å². The Morgan fingerprint density at radius 1 is 1.39 bits per heavy atom. The standard InChI is InChI=1S/C14H19ClFNO/c1-17-7-2-5-14(18,6-8-17)10-11-3-4-12(16)9-13(11)15/h3-4,9,18H,2,5-8,10H2,1H3. The van der Waals surface area contributed by atoms with Crippen molar-refractivity contribution in [1.82, 2.24) is 4.90 Å². The number of aliphatic hydroxyl groups is 1. The van der Waals surface area contributed by atoms with Gasteiger partial charge in [0.15, 0.2) is 0 Å². The predicted molar refractivity (Wildman–Crippen MR) is 71.4 cm³/mol. The third-order valence-corrected chi connectivity index (χ3v) is 4.03. The fraction of sp³-hybridized carbons (Fsp3) is 0.571. The minimum absolute atomic E-state index is 0.337. The van der Waals surface area contributed by atoms with Gasteiger partial charge in [-0.3, -0.25) is 0 Å². The highest BCUT2D eigenvalue weighted by Crippen LogP contribution is 2.29. The van der Waals surface area contributed by atoms with Crippen molar-refractivity contribution in [3.63, 3.8) is 0 Å². The zero-order valence-corrected chi connectivity index (χ0v) is 11.4. The van der Waals surface area contributed by atoms with E-state index in [-0.39, 0.29) is 5.82 Å². The molecule has 1 unspecified atom stereocenters. The number of hydrogen-bond donors (Lipinski definition) is 1. The highest BCUT2D eigenvalue weighted by molar-refractivity contribution is 6.31. The first kappa shape index (κ1) is 13.8. The Bertz CT molecular complexity index is 426. The van der Waals surface area contributed by atoms with E-state index in [0.29, 0.717) is 11.4 Å². The lowest BCUT2D eigenvalue weighted by Crippen LogP contribution is -2.32. The van der Waals surface area contributed by atoms with Crippen LogP contribution in [-0.2, 0) is 6.42 Å². The van der Waals surface area contributed by atoms with Gasteiger partial charge in [0, 0.05) is 18.0 Å². The number of likely N-dealkylation sites (tertiary alicyclic amines) is 1. The molecule has 100 valence electrons. The van der Waals surface area contributed by atoms with Crippen LogP contribution in [0.25, 0.3) is 0 Å². The summed E-state index contributed by atoms with van der Waals surface area (Å²) in [5.74, 6) is -0.337. The average Bonchev–Trinajstić information content (AvgIpc) is 2.46. The second kappa shape index (κ2) is 5.55. The fourth-order valence-electron chi connectivity index (χ4n) is 2.51. The molecule has 1 saturated heterocycles. The van der Waals surface area contributed by atoms with Crippen molar-refractivity contribution in [3.8, 4) is 0 Å². The lowest BCUT2D eigenvalue weighted by atomic mass is 9.88. The minimum Gasteiger partial charge on any atom is -0.389 e. The highest BCUT2D eigenvalue weighted by Gasteiger charge is 2.30. The molecular formula is C14H19ClFNO. The number of benzene rings is 1. The number of hydrogen-bond acceptors (Lipinski definition) is 2. The Kier molecular flexibility index (Phi) is 4.25. The fourth-order valence-corrected chi connectivity index (χ4v) is 2.74. The summed E-state index contributed by atoms with van der Waals surface area (Å²) in [6.07, 6.45) is 2.98. The Hall–Kier alpha value is -0.640. The normalized spacial score (nSPS) is 26.0. The molecule has 0 aliphatic carbocycles. The molecule has 1 heterocycles. The van der Waals surface area contributed by atoms with Crippen LogP contribution in [0.3, 0.4) is 0 Å². The van der Waals surface area contributed by atoms with Crippen LogP contribution in [0, 0.1) is 5.82 Å². The molecule has 1 aliphatic heterocycles. The summed E-state index contributed by atoms with van der Waals surface area (Å²) >= 11 is 6.02. The molecule has 2 nitrogen and oxygen atoms in total. The highest BCUT2D eigenvalue weighted by atomic mass is 35.5. The second-order valence-electron chi connectivity index (χ2n) is 5.29. The summed E-state index contributed by atoms with van der Waals surface area (Å²) in [5.41, 5.74) is 0.108. The Labute approximate surface area is 112 Å². The molecule has 0 amide bonds. The van der Waals surface area contributed by atoms with Gasteiger partial charge < -0.3 is 10.0 Å². The van der Waals surface area contributed by atoms with Gasteiger partial charge in [-0.1, -0.05) is 17.7 Å². The van der Waals surface area contributed by atoms with Gasteiger partial charge in [0.25, 0.3) is 0 Å². The average molecular weight is 272 g/mol. The lowest BCUT2D eigenvalue weighted by molar-refractivity contribution is 0.0263.